The van der Waals surface area contributed by atoms with E-state index in [1.165, 1.54) is 12.1 Å². The van der Waals surface area contributed by atoms with E-state index in [0.717, 1.165) is 89.3 Å². The monoisotopic (exact) mass is 721 g/mol. The molecule has 0 unspecified atom stereocenters. The molecule has 0 saturated carbocycles. The minimum atomic E-state index is -4.42. The second-order valence-electron chi connectivity index (χ2n) is 13.6. The zero-order valence-electron chi connectivity index (χ0n) is 29.2. The number of furan rings is 2. The summed E-state index contributed by atoms with van der Waals surface area (Å²) in [7, 11) is 0. The van der Waals surface area contributed by atoms with Gasteiger partial charge in [0.1, 0.15) is 22.3 Å². The Labute approximate surface area is 314 Å². The van der Waals surface area contributed by atoms with E-state index in [1.54, 1.807) is 6.07 Å². The first kappa shape index (κ1) is 32.6. The number of alkyl halides is 3. The minimum absolute atomic E-state index is 0.498. The van der Waals surface area contributed by atoms with Crippen molar-refractivity contribution in [1.29, 1.82) is 0 Å². The molecule has 264 valence electrons. The molecule has 0 aliphatic rings. The molecule has 0 amide bonds. The van der Waals surface area contributed by atoms with Crippen LogP contribution in [0.3, 0.4) is 0 Å². The van der Waals surface area contributed by atoms with Gasteiger partial charge in [-0.05, 0) is 82.9 Å². The Balaban J connectivity index is 1.09. The highest BCUT2D eigenvalue weighted by Gasteiger charge is 2.30. The maximum absolute atomic E-state index is 13.6. The number of nitrogens with zero attached hydrogens (tertiary/aromatic N) is 1. The van der Waals surface area contributed by atoms with Gasteiger partial charge in [0.15, 0.2) is 0 Å². The lowest BCUT2D eigenvalue weighted by molar-refractivity contribution is -0.137. The summed E-state index contributed by atoms with van der Waals surface area (Å²) in [5, 5.41) is 4.26. The molecule has 0 radical (unpaired) electrons. The third kappa shape index (κ3) is 5.70. The normalized spacial score (nSPS) is 11.9. The lowest BCUT2D eigenvalue weighted by atomic mass is 10.00. The van der Waals surface area contributed by atoms with Gasteiger partial charge in [-0.2, -0.15) is 13.2 Å². The molecule has 0 spiro atoms. The van der Waals surface area contributed by atoms with Gasteiger partial charge in [-0.15, -0.1) is 0 Å². The van der Waals surface area contributed by atoms with Crippen molar-refractivity contribution in [3.63, 3.8) is 0 Å². The van der Waals surface area contributed by atoms with Crippen LogP contribution in [0, 0.1) is 0 Å². The molecule has 0 saturated heterocycles. The summed E-state index contributed by atoms with van der Waals surface area (Å²) in [5.74, 6) is 0. The molecule has 3 nitrogen and oxygen atoms in total. The number of fused-ring (bicyclic) bond motifs is 6. The van der Waals surface area contributed by atoms with Crippen LogP contribution in [0.15, 0.2) is 191 Å². The highest BCUT2D eigenvalue weighted by atomic mass is 19.4. The Kier molecular flexibility index (Phi) is 7.59. The van der Waals surface area contributed by atoms with Gasteiger partial charge in [0.2, 0.25) is 0 Å². The molecule has 6 heteroatoms. The van der Waals surface area contributed by atoms with Crippen LogP contribution in [0.4, 0.5) is 30.2 Å². The summed E-state index contributed by atoms with van der Waals surface area (Å²) in [5.41, 5.74) is 10.5. The second kappa shape index (κ2) is 12.8. The van der Waals surface area contributed by atoms with Gasteiger partial charge in [-0.25, -0.2) is 0 Å². The molecular formula is C49H30F3NO2. The molecule has 8 aromatic carbocycles. The second-order valence-corrected chi connectivity index (χ2v) is 13.6. The van der Waals surface area contributed by atoms with Gasteiger partial charge in [0.25, 0.3) is 0 Å². The number of benzene rings is 8. The quantitative estimate of drug-likeness (QED) is 0.171. The Bertz CT molecular complexity index is 3030. The van der Waals surface area contributed by atoms with Crippen LogP contribution in [-0.4, -0.2) is 0 Å². The Morgan fingerprint density at radius 3 is 1.45 bits per heavy atom. The van der Waals surface area contributed by atoms with Crippen molar-refractivity contribution in [2.75, 3.05) is 4.90 Å². The highest BCUT2D eigenvalue weighted by molar-refractivity contribution is 6.10. The smallest absolute Gasteiger partial charge is 0.416 e. The number of hydrogen-bond acceptors (Lipinski definition) is 3. The molecular weight excluding hydrogens is 692 g/mol. The number of hydrogen-bond donors (Lipinski definition) is 0. The fraction of sp³-hybridized carbons (Fsp3) is 0.0204. The lowest BCUT2D eigenvalue weighted by Crippen LogP contribution is -2.10. The van der Waals surface area contributed by atoms with Crippen molar-refractivity contribution in [3.05, 3.63) is 188 Å². The Morgan fingerprint density at radius 1 is 0.364 bits per heavy atom. The molecule has 10 rings (SSSR count). The topological polar surface area (TPSA) is 29.5 Å². The van der Waals surface area contributed by atoms with Crippen molar-refractivity contribution in [2.45, 2.75) is 6.18 Å². The van der Waals surface area contributed by atoms with Gasteiger partial charge in [0, 0.05) is 49.7 Å². The molecule has 2 aromatic heterocycles. The molecule has 2 heterocycles. The maximum Gasteiger partial charge on any atom is 0.416 e. The third-order valence-electron chi connectivity index (χ3n) is 10.3. The molecule has 0 aliphatic heterocycles. The van der Waals surface area contributed by atoms with Crippen molar-refractivity contribution < 1.29 is 22.0 Å². The van der Waals surface area contributed by atoms with E-state index >= 15 is 0 Å². The van der Waals surface area contributed by atoms with E-state index in [0.29, 0.717) is 11.1 Å². The molecule has 0 N–H and O–H groups in total. The predicted molar refractivity (Wildman–Crippen MR) is 217 cm³/mol. The van der Waals surface area contributed by atoms with E-state index in [2.05, 4.69) is 95.9 Å². The fourth-order valence-electron chi connectivity index (χ4n) is 7.68. The first-order valence-electron chi connectivity index (χ1n) is 18.0. The van der Waals surface area contributed by atoms with E-state index in [9.17, 15) is 13.2 Å². The SMILES string of the molecule is FC(F)(F)c1cccc(-c2ccc(N(c3ccc(-c4cccc5c4oc4ccccc45)cc3)c3cccc(-c4cccc5c4oc4ccccc45)c3)cc2)c1. The van der Waals surface area contributed by atoms with Crippen LogP contribution >= 0.6 is 0 Å². The zero-order valence-corrected chi connectivity index (χ0v) is 29.2. The number of anilines is 3. The number of para-hydroxylation sites is 4. The molecule has 0 atom stereocenters. The van der Waals surface area contributed by atoms with Crippen molar-refractivity contribution >= 4 is 60.9 Å². The largest absolute Gasteiger partial charge is 0.455 e. The molecule has 0 bridgehead atoms. The highest BCUT2D eigenvalue weighted by Crippen LogP contribution is 2.42. The number of rotatable bonds is 6. The van der Waals surface area contributed by atoms with E-state index in [-0.39, 0.29) is 0 Å². The summed E-state index contributed by atoms with van der Waals surface area (Å²) in [4.78, 5) is 2.16. The van der Waals surface area contributed by atoms with Crippen LogP contribution < -0.4 is 4.90 Å². The predicted octanol–water partition coefficient (Wildman–Crippen LogP) is 15.0. The summed E-state index contributed by atoms with van der Waals surface area (Å²) < 4.78 is 53.5. The zero-order chi connectivity index (χ0) is 37.1. The molecule has 0 aliphatic carbocycles. The standard InChI is InChI=1S/C49H30F3NO2/c50-49(51,52)35-11-5-9-33(29-35)31-21-25-36(26-22-31)53(37-27-23-32(24-28-37)39-15-7-17-43-41-13-1-3-19-45(41)54-47(39)43)38-12-6-10-34(30-38)40-16-8-18-44-42-14-2-4-20-46(42)55-48(40)44/h1-30H. The van der Waals surface area contributed by atoms with Crippen molar-refractivity contribution in [3.8, 4) is 33.4 Å². The Hall–Kier alpha value is -7.05. The average Bonchev–Trinajstić information content (AvgIpc) is 3.80. The van der Waals surface area contributed by atoms with Crippen LogP contribution in [0.1, 0.15) is 5.56 Å². The lowest BCUT2D eigenvalue weighted by Gasteiger charge is -2.26. The van der Waals surface area contributed by atoms with E-state index in [4.69, 9.17) is 8.83 Å². The van der Waals surface area contributed by atoms with Gasteiger partial charge in [0.05, 0.1) is 5.56 Å². The van der Waals surface area contributed by atoms with Gasteiger partial charge in [-0.1, -0.05) is 121 Å². The summed E-state index contributed by atoms with van der Waals surface area (Å²) in [6.45, 7) is 0. The van der Waals surface area contributed by atoms with Gasteiger partial charge >= 0.3 is 6.18 Å². The van der Waals surface area contributed by atoms with Gasteiger partial charge < -0.3 is 13.7 Å². The maximum atomic E-state index is 13.6. The van der Waals surface area contributed by atoms with Gasteiger partial charge in [-0.3, -0.25) is 0 Å². The first-order chi connectivity index (χ1) is 26.9. The fourth-order valence-corrected chi connectivity index (χ4v) is 7.68. The average molecular weight is 722 g/mol. The molecule has 0 fully saturated rings. The molecule has 10 aromatic rings. The first-order valence-corrected chi connectivity index (χ1v) is 18.0. The van der Waals surface area contributed by atoms with Crippen LogP contribution in [0.5, 0.6) is 0 Å². The van der Waals surface area contributed by atoms with Crippen molar-refractivity contribution in [2.24, 2.45) is 0 Å². The van der Waals surface area contributed by atoms with E-state index in [1.807, 2.05) is 66.7 Å². The number of halogens is 3. The summed E-state index contributed by atoms with van der Waals surface area (Å²) in [6, 6.07) is 58.3. The van der Waals surface area contributed by atoms with E-state index < -0.39 is 11.7 Å². The van der Waals surface area contributed by atoms with Crippen LogP contribution in [0.25, 0.3) is 77.3 Å². The Morgan fingerprint density at radius 2 is 0.855 bits per heavy atom. The summed E-state index contributed by atoms with van der Waals surface area (Å²) >= 11 is 0. The minimum Gasteiger partial charge on any atom is -0.455 e. The van der Waals surface area contributed by atoms with Crippen LogP contribution in [0.2, 0.25) is 0 Å². The van der Waals surface area contributed by atoms with Crippen molar-refractivity contribution in [1.82, 2.24) is 0 Å². The third-order valence-corrected chi connectivity index (χ3v) is 10.3. The summed E-state index contributed by atoms with van der Waals surface area (Å²) in [6.07, 6.45) is -4.42. The van der Waals surface area contributed by atoms with Crippen LogP contribution in [-0.2, 0) is 6.18 Å². The molecule has 55 heavy (non-hydrogen) atoms.